The maximum Gasteiger partial charge on any atom is 0.352 e. The fourth-order valence-electron chi connectivity index (χ4n) is 1.67. The monoisotopic (exact) mass is 209 g/mol. The van der Waals surface area contributed by atoms with Gasteiger partial charge in [-0.25, -0.2) is 4.79 Å². The Balaban J connectivity index is 2.69. The summed E-state index contributed by atoms with van der Waals surface area (Å²) in [6.45, 7) is 6.43. The van der Waals surface area contributed by atoms with Crippen molar-refractivity contribution in [3.8, 4) is 0 Å². The Morgan fingerprint density at radius 2 is 2.07 bits per heavy atom. The van der Waals surface area contributed by atoms with E-state index in [0.717, 1.165) is 12.8 Å². The third kappa shape index (κ3) is 3.11. The first-order chi connectivity index (χ1) is 7.02. The van der Waals surface area contributed by atoms with Crippen molar-refractivity contribution in [2.45, 2.75) is 39.7 Å². The van der Waals surface area contributed by atoms with E-state index in [1.807, 2.05) is 10.8 Å². The normalized spacial score (nSPS) is 13.1. The number of carbonyl (C=O) groups is 1. The fraction of sp³-hybridized carbons (Fsp3) is 0.583. The number of nitrogens with zero attached hydrogens (tertiary/aromatic N) is 1. The van der Waals surface area contributed by atoms with Crippen LogP contribution in [0.1, 0.15) is 50.1 Å². The molecule has 1 N–H and O–H groups in total. The van der Waals surface area contributed by atoms with E-state index in [9.17, 15) is 4.79 Å². The van der Waals surface area contributed by atoms with E-state index in [4.69, 9.17) is 5.11 Å². The molecule has 0 saturated carbocycles. The van der Waals surface area contributed by atoms with Gasteiger partial charge in [0.05, 0.1) is 0 Å². The highest BCUT2D eigenvalue weighted by atomic mass is 16.4. The molecule has 0 bridgehead atoms. The second kappa shape index (κ2) is 5.01. The first kappa shape index (κ1) is 11.8. The minimum absolute atomic E-state index is 0.258. The summed E-state index contributed by atoms with van der Waals surface area (Å²) < 4.78 is 1.84. The summed E-state index contributed by atoms with van der Waals surface area (Å²) in [5, 5.41) is 8.96. The number of hydrogen-bond acceptors (Lipinski definition) is 1. The highest BCUT2D eigenvalue weighted by Crippen LogP contribution is 2.19. The summed E-state index contributed by atoms with van der Waals surface area (Å²) in [5.41, 5.74) is 0.381. The molecule has 3 heteroatoms. The third-order valence-corrected chi connectivity index (χ3v) is 2.63. The van der Waals surface area contributed by atoms with Crippen LogP contribution in [0, 0.1) is 5.92 Å². The lowest BCUT2D eigenvalue weighted by atomic mass is 10.0. The molecule has 1 unspecified atom stereocenters. The van der Waals surface area contributed by atoms with Crippen molar-refractivity contribution >= 4 is 5.97 Å². The number of carboxylic acid groups (broad SMARTS) is 1. The Labute approximate surface area is 90.7 Å². The van der Waals surface area contributed by atoms with E-state index in [-0.39, 0.29) is 6.04 Å². The Hall–Kier alpha value is -1.25. The highest BCUT2D eigenvalue weighted by Gasteiger charge is 2.13. The van der Waals surface area contributed by atoms with Gasteiger partial charge >= 0.3 is 5.97 Å². The van der Waals surface area contributed by atoms with E-state index in [1.54, 1.807) is 12.1 Å². The number of carboxylic acids is 1. The smallest absolute Gasteiger partial charge is 0.352 e. The number of aromatic carboxylic acids is 1. The van der Waals surface area contributed by atoms with Crippen LogP contribution in [0.3, 0.4) is 0 Å². The van der Waals surface area contributed by atoms with Gasteiger partial charge in [0.2, 0.25) is 0 Å². The van der Waals surface area contributed by atoms with Gasteiger partial charge in [-0.2, -0.15) is 0 Å². The van der Waals surface area contributed by atoms with Crippen LogP contribution < -0.4 is 0 Å². The van der Waals surface area contributed by atoms with Crippen LogP contribution in [0.25, 0.3) is 0 Å². The quantitative estimate of drug-likeness (QED) is 0.809. The molecule has 0 radical (unpaired) electrons. The van der Waals surface area contributed by atoms with Gasteiger partial charge in [-0.3, -0.25) is 0 Å². The molecule has 84 valence electrons. The molecule has 0 saturated heterocycles. The van der Waals surface area contributed by atoms with Gasteiger partial charge in [-0.15, -0.1) is 0 Å². The van der Waals surface area contributed by atoms with Crippen molar-refractivity contribution in [3.05, 3.63) is 24.0 Å². The Kier molecular flexibility index (Phi) is 3.95. The molecule has 3 nitrogen and oxygen atoms in total. The average Bonchev–Trinajstić information content (AvgIpc) is 2.62. The summed E-state index contributed by atoms with van der Waals surface area (Å²) in [6, 6.07) is 3.69. The van der Waals surface area contributed by atoms with E-state index in [2.05, 4.69) is 20.8 Å². The zero-order valence-corrected chi connectivity index (χ0v) is 9.60. The van der Waals surface area contributed by atoms with Crippen molar-refractivity contribution in [3.63, 3.8) is 0 Å². The zero-order chi connectivity index (χ0) is 11.4. The maximum atomic E-state index is 10.9. The minimum atomic E-state index is -0.851. The minimum Gasteiger partial charge on any atom is -0.477 e. The molecule has 0 aliphatic carbocycles. The van der Waals surface area contributed by atoms with Crippen molar-refractivity contribution in [1.29, 1.82) is 0 Å². The van der Waals surface area contributed by atoms with Crippen molar-refractivity contribution in [2.75, 3.05) is 0 Å². The van der Waals surface area contributed by atoms with Crippen LogP contribution in [-0.2, 0) is 0 Å². The standard InChI is InChI=1S/C12H19NO2/c1-9(2)6-7-10(3)13-8-4-5-11(13)12(14)15/h4-5,8-10H,6-7H2,1-3H3,(H,14,15). The van der Waals surface area contributed by atoms with E-state index in [1.165, 1.54) is 0 Å². The van der Waals surface area contributed by atoms with Gasteiger partial charge in [0.1, 0.15) is 5.69 Å². The SMILES string of the molecule is CC(C)CCC(C)n1cccc1C(=O)O. The second-order valence-electron chi connectivity index (χ2n) is 4.43. The molecule has 1 heterocycles. The van der Waals surface area contributed by atoms with Crippen LogP contribution in [0.2, 0.25) is 0 Å². The van der Waals surface area contributed by atoms with E-state index >= 15 is 0 Å². The van der Waals surface area contributed by atoms with Gasteiger partial charge < -0.3 is 9.67 Å². The van der Waals surface area contributed by atoms with Crippen LogP contribution in [-0.4, -0.2) is 15.6 Å². The summed E-state index contributed by atoms with van der Waals surface area (Å²) in [5.74, 6) is -0.187. The molecule has 0 fully saturated rings. The highest BCUT2D eigenvalue weighted by molar-refractivity contribution is 5.85. The second-order valence-corrected chi connectivity index (χ2v) is 4.43. The molecule has 1 aromatic rings. The number of rotatable bonds is 5. The topological polar surface area (TPSA) is 42.2 Å². The van der Waals surface area contributed by atoms with Crippen LogP contribution in [0.4, 0.5) is 0 Å². The molecule has 1 rings (SSSR count). The number of hydrogen-bond donors (Lipinski definition) is 1. The molecular formula is C12H19NO2. The van der Waals surface area contributed by atoms with Crippen molar-refractivity contribution in [1.82, 2.24) is 4.57 Å². The van der Waals surface area contributed by atoms with Gasteiger partial charge in [0.25, 0.3) is 0 Å². The first-order valence-corrected chi connectivity index (χ1v) is 5.42. The summed E-state index contributed by atoms with van der Waals surface area (Å²) in [4.78, 5) is 10.9. The van der Waals surface area contributed by atoms with Gasteiger partial charge in [0.15, 0.2) is 0 Å². The Morgan fingerprint density at radius 1 is 1.40 bits per heavy atom. The predicted octanol–water partition coefficient (Wildman–Crippen LogP) is 3.18. The van der Waals surface area contributed by atoms with E-state index < -0.39 is 5.97 Å². The zero-order valence-electron chi connectivity index (χ0n) is 9.60. The Morgan fingerprint density at radius 3 is 2.60 bits per heavy atom. The van der Waals surface area contributed by atoms with Crippen molar-refractivity contribution in [2.24, 2.45) is 5.92 Å². The molecule has 0 amide bonds. The summed E-state index contributed by atoms with van der Waals surface area (Å²) in [7, 11) is 0. The van der Waals surface area contributed by atoms with Crippen LogP contribution >= 0.6 is 0 Å². The lowest BCUT2D eigenvalue weighted by Crippen LogP contribution is -2.12. The fourth-order valence-corrected chi connectivity index (χ4v) is 1.67. The maximum absolute atomic E-state index is 10.9. The number of aromatic nitrogens is 1. The van der Waals surface area contributed by atoms with Crippen LogP contribution in [0.5, 0.6) is 0 Å². The molecule has 0 aromatic carbocycles. The molecule has 15 heavy (non-hydrogen) atoms. The summed E-state index contributed by atoms with van der Waals surface area (Å²) in [6.07, 6.45) is 3.99. The van der Waals surface area contributed by atoms with Gasteiger partial charge in [0, 0.05) is 12.2 Å². The molecule has 1 atom stereocenters. The van der Waals surface area contributed by atoms with Gasteiger partial charge in [-0.1, -0.05) is 13.8 Å². The van der Waals surface area contributed by atoms with Gasteiger partial charge in [-0.05, 0) is 37.8 Å². The molecule has 0 aliphatic rings. The lowest BCUT2D eigenvalue weighted by molar-refractivity contribution is 0.0682. The lowest BCUT2D eigenvalue weighted by Gasteiger charge is -2.16. The van der Waals surface area contributed by atoms with Crippen LogP contribution in [0.15, 0.2) is 18.3 Å². The molecule has 0 aliphatic heterocycles. The Bertz CT molecular complexity index is 328. The van der Waals surface area contributed by atoms with E-state index in [0.29, 0.717) is 11.6 Å². The third-order valence-electron chi connectivity index (χ3n) is 2.63. The first-order valence-electron chi connectivity index (χ1n) is 5.42. The summed E-state index contributed by atoms with van der Waals surface area (Å²) >= 11 is 0. The molecule has 0 spiro atoms. The average molecular weight is 209 g/mol. The molecular weight excluding hydrogens is 190 g/mol. The predicted molar refractivity (Wildman–Crippen MR) is 60.2 cm³/mol. The molecule has 1 aromatic heterocycles. The van der Waals surface area contributed by atoms with Crippen molar-refractivity contribution < 1.29 is 9.90 Å². The largest absolute Gasteiger partial charge is 0.477 e.